The molecule has 0 saturated carbocycles. The van der Waals surface area contributed by atoms with E-state index in [0.717, 1.165) is 14.7 Å². The second-order valence-electron chi connectivity index (χ2n) is 5.84. The zero-order chi connectivity index (χ0) is 19.4. The Kier molecular flexibility index (Phi) is 5.68. The van der Waals surface area contributed by atoms with Crippen LogP contribution in [0.15, 0.2) is 51.2 Å². The van der Waals surface area contributed by atoms with Crippen LogP contribution in [-0.2, 0) is 21.4 Å². The number of sulfonamides is 1. The van der Waals surface area contributed by atoms with Gasteiger partial charge < -0.3 is 9.84 Å². The summed E-state index contributed by atoms with van der Waals surface area (Å²) in [6.45, 7) is 1.58. The number of carbonyl (C=O) groups excluding carboxylic acids is 1. The molecule has 142 valence electrons. The highest BCUT2D eigenvalue weighted by atomic mass is 32.2. The van der Waals surface area contributed by atoms with Crippen molar-refractivity contribution in [3.05, 3.63) is 53.2 Å². The first-order chi connectivity index (χ1) is 12.9. The fourth-order valence-corrected chi connectivity index (χ4v) is 4.02. The molecule has 2 heterocycles. The highest BCUT2D eigenvalue weighted by molar-refractivity contribution is 7.89. The molecule has 0 aliphatic heterocycles. The lowest BCUT2D eigenvalue weighted by molar-refractivity contribution is -0.121. The van der Waals surface area contributed by atoms with Gasteiger partial charge in [0.25, 0.3) is 0 Å². The molecule has 0 aliphatic rings. The number of aryl methyl sites for hydroxylation is 1. The highest BCUT2D eigenvalue weighted by Crippen LogP contribution is 2.21. The number of carbonyl (C=O) groups is 1. The molecule has 1 aromatic carbocycles. The number of rotatable bonds is 7. The van der Waals surface area contributed by atoms with Gasteiger partial charge in [0.1, 0.15) is 0 Å². The predicted octanol–water partition coefficient (Wildman–Crippen LogP) is 2.04. The van der Waals surface area contributed by atoms with Crippen LogP contribution in [0.2, 0.25) is 0 Å². The van der Waals surface area contributed by atoms with E-state index in [2.05, 4.69) is 15.5 Å². The van der Waals surface area contributed by atoms with E-state index in [1.165, 1.54) is 30.5 Å². The fraction of sp³-hybridized carbons (Fsp3) is 0.235. The number of hydrogen-bond donors (Lipinski definition) is 1. The maximum atomic E-state index is 12.5. The number of likely N-dealkylation sites (N-methyl/N-ethyl adjacent to an activating group) is 1. The monoisotopic (exact) mass is 406 g/mol. The molecule has 0 aliphatic carbocycles. The minimum atomic E-state index is -3.74. The maximum Gasteiger partial charge on any atom is 0.246 e. The van der Waals surface area contributed by atoms with E-state index in [1.807, 2.05) is 24.4 Å². The van der Waals surface area contributed by atoms with Crippen molar-refractivity contribution >= 4 is 27.3 Å². The summed E-state index contributed by atoms with van der Waals surface area (Å²) in [4.78, 5) is 17.3. The van der Waals surface area contributed by atoms with Gasteiger partial charge in [-0.05, 0) is 30.5 Å². The van der Waals surface area contributed by atoms with Crippen molar-refractivity contribution in [3.63, 3.8) is 0 Å². The molecule has 1 amide bonds. The largest absolute Gasteiger partial charge is 0.346 e. The SMILES string of the molecule is Cc1ccc(S(=O)(=O)N(C)CC(=O)NCc2nc(-c3cccs3)no2)cc1. The van der Waals surface area contributed by atoms with Crippen molar-refractivity contribution < 1.29 is 17.7 Å². The average Bonchev–Trinajstić information content (AvgIpc) is 3.31. The fourth-order valence-electron chi connectivity index (χ4n) is 2.24. The zero-order valence-corrected chi connectivity index (χ0v) is 16.4. The Morgan fingerprint density at radius 2 is 2.00 bits per heavy atom. The van der Waals surface area contributed by atoms with Gasteiger partial charge in [0.15, 0.2) is 0 Å². The van der Waals surface area contributed by atoms with E-state index >= 15 is 0 Å². The van der Waals surface area contributed by atoms with Gasteiger partial charge in [0, 0.05) is 7.05 Å². The summed E-state index contributed by atoms with van der Waals surface area (Å²) in [5.74, 6) is 0.230. The van der Waals surface area contributed by atoms with Gasteiger partial charge in [-0.15, -0.1) is 11.3 Å². The van der Waals surface area contributed by atoms with Crippen molar-refractivity contribution in [3.8, 4) is 10.7 Å². The molecule has 3 aromatic rings. The van der Waals surface area contributed by atoms with Gasteiger partial charge in [0.2, 0.25) is 27.6 Å². The summed E-state index contributed by atoms with van der Waals surface area (Å²) < 4.78 is 31.1. The molecule has 0 saturated heterocycles. The zero-order valence-electron chi connectivity index (χ0n) is 14.7. The van der Waals surface area contributed by atoms with E-state index in [9.17, 15) is 13.2 Å². The molecule has 8 nitrogen and oxygen atoms in total. The van der Waals surface area contributed by atoms with Crippen molar-refractivity contribution in [1.29, 1.82) is 0 Å². The van der Waals surface area contributed by atoms with Crippen LogP contribution in [0.1, 0.15) is 11.5 Å². The van der Waals surface area contributed by atoms with Crippen molar-refractivity contribution in [2.24, 2.45) is 0 Å². The Morgan fingerprint density at radius 1 is 1.26 bits per heavy atom. The lowest BCUT2D eigenvalue weighted by atomic mass is 10.2. The van der Waals surface area contributed by atoms with Gasteiger partial charge in [-0.2, -0.15) is 9.29 Å². The number of nitrogens with one attached hydrogen (secondary N) is 1. The third-order valence-corrected chi connectivity index (χ3v) is 6.43. The minimum absolute atomic E-state index is 0.0234. The Balaban J connectivity index is 1.56. The van der Waals surface area contributed by atoms with E-state index in [-0.39, 0.29) is 23.9 Å². The highest BCUT2D eigenvalue weighted by Gasteiger charge is 2.23. The standard InChI is InChI=1S/C17H18N4O4S2/c1-12-5-7-13(8-6-12)27(23,24)21(2)11-15(22)18-10-16-19-17(20-25-16)14-4-3-9-26-14/h3-9H,10-11H2,1-2H3,(H,18,22). The molecule has 10 heteroatoms. The molecule has 0 fully saturated rings. The summed E-state index contributed by atoms with van der Waals surface area (Å²) >= 11 is 1.48. The summed E-state index contributed by atoms with van der Waals surface area (Å²) in [5, 5.41) is 8.33. The lowest BCUT2D eigenvalue weighted by Crippen LogP contribution is -2.38. The molecule has 1 N–H and O–H groups in total. The molecule has 0 bridgehead atoms. The Labute approximate surface area is 160 Å². The van der Waals surface area contributed by atoms with Crippen LogP contribution in [0.25, 0.3) is 10.7 Å². The normalized spacial score (nSPS) is 11.7. The second kappa shape index (κ2) is 7.99. The number of nitrogens with zero attached hydrogens (tertiary/aromatic N) is 3. The molecule has 27 heavy (non-hydrogen) atoms. The summed E-state index contributed by atoms with van der Waals surface area (Å²) in [7, 11) is -2.38. The quantitative estimate of drug-likeness (QED) is 0.644. The van der Waals surface area contributed by atoms with Crippen LogP contribution in [0.5, 0.6) is 0 Å². The van der Waals surface area contributed by atoms with E-state index in [4.69, 9.17) is 4.52 Å². The van der Waals surface area contributed by atoms with Crippen molar-refractivity contribution in [1.82, 2.24) is 19.8 Å². The van der Waals surface area contributed by atoms with Crippen LogP contribution in [0, 0.1) is 6.92 Å². The van der Waals surface area contributed by atoms with Crippen LogP contribution in [0.4, 0.5) is 0 Å². The Bertz CT molecular complexity index is 1010. The number of amides is 1. The lowest BCUT2D eigenvalue weighted by Gasteiger charge is -2.16. The first-order valence-electron chi connectivity index (χ1n) is 8.02. The van der Waals surface area contributed by atoms with Crippen LogP contribution in [0.3, 0.4) is 0 Å². The molecule has 2 aromatic heterocycles. The number of hydrogen-bond acceptors (Lipinski definition) is 7. The van der Waals surface area contributed by atoms with Gasteiger partial charge in [-0.1, -0.05) is 28.9 Å². The van der Waals surface area contributed by atoms with Gasteiger partial charge in [0.05, 0.1) is 22.9 Å². The summed E-state index contributed by atoms with van der Waals surface area (Å²) in [6.07, 6.45) is 0. The third kappa shape index (κ3) is 4.59. The van der Waals surface area contributed by atoms with Crippen LogP contribution < -0.4 is 5.32 Å². The van der Waals surface area contributed by atoms with E-state index in [1.54, 1.807) is 12.1 Å². The van der Waals surface area contributed by atoms with Crippen molar-refractivity contribution in [2.75, 3.05) is 13.6 Å². The Hall–Kier alpha value is -2.56. The predicted molar refractivity (Wildman–Crippen MR) is 100 cm³/mol. The minimum Gasteiger partial charge on any atom is -0.346 e. The first kappa shape index (κ1) is 19.2. The molecule has 0 atom stereocenters. The third-order valence-electron chi connectivity index (χ3n) is 3.74. The molecule has 0 radical (unpaired) electrons. The average molecular weight is 406 g/mol. The van der Waals surface area contributed by atoms with Crippen molar-refractivity contribution in [2.45, 2.75) is 18.4 Å². The topological polar surface area (TPSA) is 105 Å². The molecule has 3 rings (SSSR count). The maximum absolute atomic E-state index is 12.5. The van der Waals surface area contributed by atoms with Gasteiger partial charge in [-0.3, -0.25) is 4.79 Å². The van der Waals surface area contributed by atoms with Gasteiger partial charge in [-0.25, -0.2) is 8.42 Å². The first-order valence-corrected chi connectivity index (χ1v) is 10.3. The number of benzene rings is 1. The Morgan fingerprint density at radius 3 is 2.67 bits per heavy atom. The van der Waals surface area contributed by atoms with Crippen LogP contribution in [-0.4, -0.2) is 42.4 Å². The molecular weight excluding hydrogens is 388 g/mol. The summed E-state index contributed by atoms with van der Waals surface area (Å²) in [5.41, 5.74) is 0.954. The number of aromatic nitrogens is 2. The molecule has 0 spiro atoms. The molecule has 0 unspecified atom stereocenters. The second-order valence-corrected chi connectivity index (χ2v) is 8.83. The van der Waals surface area contributed by atoms with E-state index in [0.29, 0.717) is 5.82 Å². The molecular formula is C17H18N4O4S2. The van der Waals surface area contributed by atoms with Gasteiger partial charge >= 0.3 is 0 Å². The summed E-state index contributed by atoms with van der Waals surface area (Å²) in [6, 6.07) is 10.2. The number of thiophene rings is 1. The smallest absolute Gasteiger partial charge is 0.246 e. The van der Waals surface area contributed by atoms with Crippen LogP contribution >= 0.6 is 11.3 Å². The van der Waals surface area contributed by atoms with E-state index < -0.39 is 15.9 Å².